The van der Waals surface area contributed by atoms with Gasteiger partial charge in [0.2, 0.25) is 0 Å². The number of hydrogen-bond donors (Lipinski definition) is 1. The Morgan fingerprint density at radius 2 is 2.17 bits per heavy atom. The molecular formula is C14H18ClFN2. The quantitative estimate of drug-likeness (QED) is 0.887. The van der Waals surface area contributed by atoms with Crippen LogP contribution in [0.2, 0.25) is 5.02 Å². The lowest BCUT2D eigenvalue weighted by Gasteiger charge is -2.41. The van der Waals surface area contributed by atoms with Crippen molar-refractivity contribution in [3.8, 4) is 0 Å². The van der Waals surface area contributed by atoms with E-state index in [2.05, 4.69) is 17.1 Å². The molecule has 1 N–H and O–H groups in total. The monoisotopic (exact) mass is 268 g/mol. The van der Waals surface area contributed by atoms with Crippen LogP contribution in [-0.4, -0.2) is 25.2 Å². The Hall–Kier alpha value is -0.800. The van der Waals surface area contributed by atoms with Gasteiger partial charge >= 0.3 is 0 Å². The van der Waals surface area contributed by atoms with Crippen LogP contribution in [0.4, 0.5) is 10.1 Å². The highest BCUT2D eigenvalue weighted by Crippen LogP contribution is 2.36. The molecule has 3 rings (SSSR count). The normalized spacial score (nSPS) is 28.5. The maximum atomic E-state index is 13.1. The Morgan fingerprint density at radius 3 is 2.83 bits per heavy atom. The molecule has 98 valence electrons. The second-order valence-corrected chi connectivity index (χ2v) is 5.86. The maximum absolute atomic E-state index is 13.1. The van der Waals surface area contributed by atoms with Gasteiger partial charge in [0.25, 0.3) is 0 Å². The summed E-state index contributed by atoms with van der Waals surface area (Å²) in [5.41, 5.74) is 0.956. The largest absolute Gasteiger partial charge is 0.365 e. The molecule has 0 bridgehead atoms. The van der Waals surface area contributed by atoms with Gasteiger partial charge in [-0.05, 0) is 43.9 Å². The Morgan fingerprint density at radius 1 is 1.39 bits per heavy atom. The predicted octanol–water partition coefficient (Wildman–Crippen LogP) is 3.06. The fraction of sp³-hybridized carbons (Fsp3) is 0.571. The average Bonchev–Trinajstić information content (AvgIpc) is 3.14. The number of nitrogens with one attached hydrogen (secondary N) is 1. The second kappa shape index (κ2) is 4.71. The first-order chi connectivity index (χ1) is 8.65. The summed E-state index contributed by atoms with van der Waals surface area (Å²) < 4.78 is 13.1. The number of anilines is 1. The van der Waals surface area contributed by atoms with Gasteiger partial charge in [-0.2, -0.15) is 0 Å². The Bertz CT molecular complexity index is 447. The molecule has 1 saturated carbocycles. The minimum atomic E-state index is -0.273. The van der Waals surface area contributed by atoms with Crippen molar-refractivity contribution in [1.82, 2.24) is 5.32 Å². The molecule has 1 aliphatic carbocycles. The molecule has 2 fully saturated rings. The van der Waals surface area contributed by atoms with Crippen LogP contribution in [0.3, 0.4) is 0 Å². The van der Waals surface area contributed by atoms with Gasteiger partial charge in [0.1, 0.15) is 5.82 Å². The molecule has 2 nitrogen and oxygen atoms in total. The summed E-state index contributed by atoms with van der Waals surface area (Å²) in [6.45, 7) is 4.11. The number of benzene rings is 1. The zero-order chi connectivity index (χ0) is 12.7. The van der Waals surface area contributed by atoms with Gasteiger partial charge in [0.05, 0.1) is 10.7 Å². The van der Waals surface area contributed by atoms with E-state index in [1.807, 2.05) is 0 Å². The van der Waals surface area contributed by atoms with Gasteiger partial charge in [-0.1, -0.05) is 11.6 Å². The predicted molar refractivity (Wildman–Crippen MR) is 72.7 cm³/mol. The second-order valence-electron chi connectivity index (χ2n) is 5.45. The number of hydrogen-bond acceptors (Lipinski definition) is 2. The van der Waals surface area contributed by atoms with Gasteiger partial charge in [-0.25, -0.2) is 4.39 Å². The molecule has 1 aliphatic heterocycles. The third-order valence-electron chi connectivity index (χ3n) is 4.01. The fourth-order valence-corrected chi connectivity index (χ4v) is 3.03. The molecule has 0 spiro atoms. The third kappa shape index (κ3) is 2.34. The van der Waals surface area contributed by atoms with E-state index in [-0.39, 0.29) is 5.82 Å². The maximum Gasteiger partial charge on any atom is 0.124 e. The van der Waals surface area contributed by atoms with Crippen LogP contribution in [0.15, 0.2) is 18.2 Å². The summed E-state index contributed by atoms with van der Waals surface area (Å²) in [5, 5.41) is 4.11. The van der Waals surface area contributed by atoms with Crippen LogP contribution in [-0.2, 0) is 0 Å². The summed E-state index contributed by atoms with van der Waals surface area (Å²) in [5.74, 6) is 0.546. The van der Waals surface area contributed by atoms with Crippen molar-refractivity contribution >= 4 is 17.3 Å². The van der Waals surface area contributed by atoms with Crippen molar-refractivity contribution in [3.05, 3.63) is 29.0 Å². The van der Waals surface area contributed by atoms with Gasteiger partial charge in [0.15, 0.2) is 0 Å². The fourth-order valence-electron chi connectivity index (χ4n) is 2.75. The van der Waals surface area contributed by atoms with Crippen LogP contribution in [0.5, 0.6) is 0 Å². The van der Waals surface area contributed by atoms with Gasteiger partial charge < -0.3 is 10.2 Å². The van der Waals surface area contributed by atoms with E-state index in [1.165, 1.54) is 25.0 Å². The van der Waals surface area contributed by atoms with Gasteiger partial charge in [0, 0.05) is 25.2 Å². The van der Waals surface area contributed by atoms with E-state index < -0.39 is 0 Å². The summed E-state index contributed by atoms with van der Waals surface area (Å²) in [6, 6.07) is 5.63. The minimum Gasteiger partial charge on any atom is -0.365 e. The van der Waals surface area contributed by atoms with Gasteiger partial charge in [-0.15, -0.1) is 0 Å². The van der Waals surface area contributed by atoms with E-state index in [1.54, 1.807) is 6.07 Å². The van der Waals surface area contributed by atoms with Crippen molar-refractivity contribution in [3.63, 3.8) is 0 Å². The lowest BCUT2D eigenvalue weighted by atomic mass is 10.1. The van der Waals surface area contributed by atoms with E-state index in [0.29, 0.717) is 17.1 Å². The highest BCUT2D eigenvalue weighted by Gasteiger charge is 2.36. The molecule has 2 atom stereocenters. The summed E-state index contributed by atoms with van der Waals surface area (Å²) in [6.07, 6.45) is 2.66. The van der Waals surface area contributed by atoms with Crippen molar-refractivity contribution in [1.29, 1.82) is 0 Å². The first kappa shape index (κ1) is 12.2. The van der Waals surface area contributed by atoms with Crippen LogP contribution >= 0.6 is 11.6 Å². The van der Waals surface area contributed by atoms with Crippen LogP contribution in [0.25, 0.3) is 0 Å². The highest BCUT2D eigenvalue weighted by atomic mass is 35.5. The minimum absolute atomic E-state index is 0.273. The molecule has 18 heavy (non-hydrogen) atoms. The molecule has 1 heterocycles. The van der Waals surface area contributed by atoms with E-state index in [9.17, 15) is 4.39 Å². The average molecular weight is 269 g/mol. The first-order valence-electron chi connectivity index (χ1n) is 6.60. The van der Waals surface area contributed by atoms with Crippen molar-refractivity contribution in [2.75, 3.05) is 18.0 Å². The Labute approximate surface area is 112 Å². The van der Waals surface area contributed by atoms with Crippen molar-refractivity contribution in [2.45, 2.75) is 31.8 Å². The molecule has 4 heteroatoms. The topological polar surface area (TPSA) is 15.3 Å². The lowest BCUT2D eigenvalue weighted by molar-refractivity contribution is 0.376. The third-order valence-corrected chi connectivity index (χ3v) is 4.31. The van der Waals surface area contributed by atoms with Gasteiger partial charge in [-0.3, -0.25) is 0 Å². The van der Waals surface area contributed by atoms with E-state index in [0.717, 1.165) is 24.7 Å². The molecule has 1 saturated heterocycles. The van der Waals surface area contributed by atoms with E-state index in [4.69, 9.17) is 11.6 Å². The number of halogens is 2. The standard InChI is InChI=1S/C14H18ClFN2/c1-9-7-17-13(10-2-3-10)8-18(9)14-5-4-11(16)6-12(14)15/h4-6,9-10,13,17H,2-3,7-8H2,1H3. The smallest absolute Gasteiger partial charge is 0.124 e. The van der Waals surface area contributed by atoms with E-state index >= 15 is 0 Å². The Balaban J connectivity index is 1.83. The van der Waals surface area contributed by atoms with Crippen LogP contribution in [0, 0.1) is 11.7 Å². The summed E-state index contributed by atoms with van der Waals surface area (Å²) in [7, 11) is 0. The molecular weight excluding hydrogens is 251 g/mol. The summed E-state index contributed by atoms with van der Waals surface area (Å²) >= 11 is 6.17. The molecule has 1 aromatic carbocycles. The van der Waals surface area contributed by atoms with Crippen molar-refractivity contribution < 1.29 is 4.39 Å². The summed E-state index contributed by atoms with van der Waals surface area (Å²) in [4.78, 5) is 2.31. The molecule has 2 unspecified atom stereocenters. The SMILES string of the molecule is CC1CNC(C2CC2)CN1c1ccc(F)cc1Cl. The number of rotatable bonds is 2. The highest BCUT2D eigenvalue weighted by molar-refractivity contribution is 6.33. The first-order valence-corrected chi connectivity index (χ1v) is 6.98. The van der Waals surface area contributed by atoms with Crippen LogP contribution < -0.4 is 10.2 Å². The van der Waals surface area contributed by atoms with Crippen molar-refractivity contribution in [2.24, 2.45) is 5.92 Å². The number of piperazine rings is 1. The molecule has 0 amide bonds. The zero-order valence-corrected chi connectivity index (χ0v) is 11.3. The molecule has 2 aliphatic rings. The lowest BCUT2D eigenvalue weighted by Crippen LogP contribution is -2.56. The zero-order valence-electron chi connectivity index (χ0n) is 10.5. The molecule has 0 aromatic heterocycles. The molecule has 0 radical (unpaired) electrons. The van der Waals surface area contributed by atoms with Crippen LogP contribution in [0.1, 0.15) is 19.8 Å². The molecule has 1 aromatic rings. The Kier molecular flexibility index (Phi) is 3.20. The number of nitrogens with zero attached hydrogens (tertiary/aromatic N) is 1.